The topological polar surface area (TPSA) is 125 Å². The maximum absolute atomic E-state index is 12.6. The van der Waals surface area contributed by atoms with Crippen LogP contribution in [-0.4, -0.2) is 54.0 Å². The monoisotopic (exact) mass is 466 g/mol. The average Bonchev–Trinajstić information content (AvgIpc) is 3.18. The molecule has 2 aliphatic rings. The minimum atomic E-state index is -1.63. The zero-order valence-corrected chi connectivity index (χ0v) is 18.9. The summed E-state index contributed by atoms with van der Waals surface area (Å²) in [5.74, 6) is -2.11. The van der Waals surface area contributed by atoms with Crippen LogP contribution in [0.15, 0.2) is 48.5 Å². The SMILES string of the molecule is O=C(NCC1CCCCC1C(=O)NCC(O)C(=O)O)OCC1c2ccccc2-c2ccccc21. The molecule has 0 heterocycles. The molecule has 0 radical (unpaired) electrons. The molecule has 8 heteroatoms. The fourth-order valence-electron chi connectivity index (χ4n) is 5.08. The third kappa shape index (κ3) is 5.22. The molecular formula is C26H30N2O6. The third-order valence-corrected chi connectivity index (χ3v) is 6.85. The summed E-state index contributed by atoms with van der Waals surface area (Å²) in [5, 5.41) is 23.5. The van der Waals surface area contributed by atoms with E-state index in [1.807, 2.05) is 24.3 Å². The van der Waals surface area contributed by atoms with Gasteiger partial charge in [0, 0.05) is 18.4 Å². The van der Waals surface area contributed by atoms with E-state index in [2.05, 4.69) is 34.9 Å². The Bertz CT molecular complexity index is 1010. The Hall–Kier alpha value is -3.39. The van der Waals surface area contributed by atoms with E-state index in [0.29, 0.717) is 13.0 Å². The molecule has 34 heavy (non-hydrogen) atoms. The summed E-state index contributed by atoms with van der Waals surface area (Å²) in [5.41, 5.74) is 4.61. The number of fused-ring (bicyclic) bond motifs is 3. The summed E-state index contributed by atoms with van der Waals surface area (Å²) in [7, 11) is 0. The normalized spacial score (nSPS) is 20.0. The van der Waals surface area contributed by atoms with E-state index in [4.69, 9.17) is 9.84 Å². The van der Waals surface area contributed by atoms with Gasteiger partial charge in [0.1, 0.15) is 6.61 Å². The van der Waals surface area contributed by atoms with E-state index in [-0.39, 0.29) is 36.8 Å². The number of amides is 2. The molecule has 3 atom stereocenters. The maximum atomic E-state index is 12.6. The van der Waals surface area contributed by atoms with Crippen LogP contribution in [0.3, 0.4) is 0 Å². The van der Waals surface area contributed by atoms with Crippen molar-refractivity contribution in [3.05, 3.63) is 59.7 Å². The molecule has 4 N–H and O–H groups in total. The summed E-state index contributed by atoms with van der Waals surface area (Å²) in [4.78, 5) is 35.8. The van der Waals surface area contributed by atoms with E-state index in [1.54, 1.807) is 0 Å². The predicted molar refractivity (Wildman–Crippen MR) is 125 cm³/mol. The minimum Gasteiger partial charge on any atom is -0.479 e. The number of aliphatic hydroxyl groups is 1. The van der Waals surface area contributed by atoms with E-state index >= 15 is 0 Å². The van der Waals surface area contributed by atoms with E-state index in [0.717, 1.165) is 41.5 Å². The van der Waals surface area contributed by atoms with E-state index < -0.39 is 18.2 Å². The summed E-state index contributed by atoms with van der Waals surface area (Å²) in [6, 6.07) is 16.3. The van der Waals surface area contributed by atoms with E-state index in [9.17, 15) is 19.5 Å². The maximum Gasteiger partial charge on any atom is 0.407 e. The summed E-state index contributed by atoms with van der Waals surface area (Å²) < 4.78 is 5.58. The predicted octanol–water partition coefficient (Wildman–Crippen LogP) is 2.89. The highest BCUT2D eigenvalue weighted by atomic mass is 16.5. The van der Waals surface area contributed by atoms with Crippen molar-refractivity contribution in [2.45, 2.75) is 37.7 Å². The van der Waals surface area contributed by atoms with Gasteiger partial charge in [-0.2, -0.15) is 0 Å². The lowest BCUT2D eigenvalue weighted by molar-refractivity contribution is -0.146. The molecule has 0 aromatic heterocycles. The number of alkyl carbamates (subject to hydrolysis) is 1. The number of benzene rings is 2. The molecule has 0 saturated heterocycles. The zero-order valence-electron chi connectivity index (χ0n) is 18.9. The molecule has 0 spiro atoms. The highest BCUT2D eigenvalue weighted by Gasteiger charge is 2.32. The number of aliphatic carboxylic acids is 1. The van der Waals surface area contributed by atoms with Crippen LogP contribution in [-0.2, 0) is 14.3 Å². The van der Waals surface area contributed by atoms with Gasteiger partial charge >= 0.3 is 12.1 Å². The highest BCUT2D eigenvalue weighted by molar-refractivity contribution is 5.81. The van der Waals surface area contributed by atoms with Gasteiger partial charge < -0.3 is 25.6 Å². The number of carbonyl (C=O) groups is 3. The lowest BCUT2D eigenvalue weighted by Crippen LogP contribution is -2.44. The fourth-order valence-corrected chi connectivity index (χ4v) is 5.08. The van der Waals surface area contributed by atoms with Gasteiger partial charge in [0.05, 0.1) is 6.54 Å². The molecule has 2 aromatic carbocycles. The first-order valence-electron chi connectivity index (χ1n) is 11.7. The largest absolute Gasteiger partial charge is 0.479 e. The Balaban J connectivity index is 1.30. The van der Waals surface area contributed by atoms with Crippen LogP contribution in [0, 0.1) is 11.8 Å². The first-order chi connectivity index (χ1) is 16.5. The van der Waals surface area contributed by atoms with Gasteiger partial charge in [-0.15, -0.1) is 0 Å². The van der Waals surface area contributed by atoms with Gasteiger partial charge in [-0.05, 0) is 41.0 Å². The quantitative estimate of drug-likeness (QED) is 0.474. The van der Waals surface area contributed by atoms with Crippen LogP contribution in [0.1, 0.15) is 42.7 Å². The molecule has 4 rings (SSSR count). The van der Waals surface area contributed by atoms with Crippen LogP contribution >= 0.6 is 0 Å². The highest BCUT2D eigenvalue weighted by Crippen LogP contribution is 2.44. The number of aliphatic hydroxyl groups excluding tert-OH is 1. The molecule has 2 aliphatic carbocycles. The molecule has 1 saturated carbocycles. The Morgan fingerprint density at radius 2 is 1.56 bits per heavy atom. The number of carboxylic acid groups (broad SMARTS) is 1. The molecule has 0 aliphatic heterocycles. The second kappa shape index (κ2) is 10.7. The van der Waals surface area contributed by atoms with Crippen molar-refractivity contribution < 1.29 is 29.3 Å². The van der Waals surface area contributed by atoms with Crippen molar-refractivity contribution in [1.29, 1.82) is 0 Å². The molecule has 8 nitrogen and oxygen atoms in total. The molecule has 2 amide bonds. The molecule has 1 fully saturated rings. The average molecular weight is 467 g/mol. The van der Waals surface area contributed by atoms with Crippen molar-refractivity contribution in [3.63, 3.8) is 0 Å². The minimum absolute atomic E-state index is 0.0213. The Kier molecular flexibility index (Phi) is 7.47. The van der Waals surface area contributed by atoms with Crippen molar-refractivity contribution in [3.8, 4) is 11.1 Å². The van der Waals surface area contributed by atoms with Crippen LogP contribution in [0.5, 0.6) is 0 Å². The van der Waals surface area contributed by atoms with Crippen molar-refractivity contribution in [1.82, 2.24) is 10.6 Å². The first-order valence-corrected chi connectivity index (χ1v) is 11.7. The lowest BCUT2D eigenvalue weighted by Gasteiger charge is -2.30. The fraction of sp³-hybridized carbons (Fsp3) is 0.423. The number of ether oxygens (including phenoxy) is 1. The Morgan fingerprint density at radius 3 is 2.21 bits per heavy atom. The number of nitrogens with one attached hydrogen (secondary N) is 2. The van der Waals surface area contributed by atoms with Gasteiger partial charge in [-0.25, -0.2) is 9.59 Å². The number of carbonyl (C=O) groups excluding carboxylic acids is 2. The molecule has 0 bridgehead atoms. The van der Waals surface area contributed by atoms with Gasteiger partial charge in [-0.1, -0.05) is 61.4 Å². The smallest absolute Gasteiger partial charge is 0.407 e. The molecular weight excluding hydrogens is 436 g/mol. The van der Waals surface area contributed by atoms with Crippen molar-refractivity contribution in [2.24, 2.45) is 11.8 Å². The summed E-state index contributed by atoms with van der Waals surface area (Å²) in [6.45, 7) is 0.189. The lowest BCUT2D eigenvalue weighted by atomic mass is 9.78. The number of hydrogen-bond acceptors (Lipinski definition) is 5. The van der Waals surface area contributed by atoms with Crippen LogP contribution in [0.4, 0.5) is 4.79 Å². The van der Waals surface area contributed by atoms with Gasteiger partial charge in [-0.3, -0.25) is 4.79 Å². The third-order valence-electron chi connectivity index (χ3n) is 6.85. The van der Waals surface area contributed by atoms with Crippen molar-refractivity contribution in [2.75, 3.05) is 19.7 Å². The van der Waals surface area contributed by atoms with Gasteiger partial charge in [0.2, 0.25) is 5.91 Å². The standard InChI is InChI=1S/C26H30N2O6/c29-23(25(31)32)14-27-24(30)17-8-2-1-7-16(17)13-28-26(33)34-15-22-20-11-5-3-9-18(20)19-10-4-6-12-21(19)22/h3-6,9-12,16-17,22-23,29H,1-2,7-8,13-15H2,(H,27,30)(H,28,33)(H,31,32). The van der Waals surface area contributed by atoms with Gasteiger partial charge in [0.25, 0.3) is 0 Å². The number of rotatable bonds is 8. The Labute approximate surface area is 198 Å². The molecule has 3 unspecified atom stereocenters. The van der Waals surface area contributed by atoms with Crippen LogP contribution in [0.25, 0.3) is 11.1 Å². The van der Waals surface area contributed by atoms with E-state index in [1.165, 1.54) is 0 Å². The summed E-state index contributed by atoms with van der Waals surface area (Å²) in [6.07, 6.45) is 1.13. The Morgan fingerprint density at radius 1 is 0.941 bits per heavy atom. The van der Waals surface area contributed by atoms with Gasteiger partial charge in [0.15, 0.2) is 6.10 Å². The second-order valence-corrected chi connectivity index (χ2v) is 8.96. The number of carboxylic acids is 1. The molecule has 180 valence electrons. The first kappa shape index (κ1) is 23.8. The van der Waals surface area contributed by atoms with Crippen molar-refractivity contribution >= 4 is 18.0 Å². The second-order valence-electron chi connectivity index (χ2n) is 8.96. The number of hydrogen-bond donors (Lipinski definition) is 4. The van der Waals surface area contributed by atoms with Crippen LogP contribution < -0.4 is 10.6 Å². The molecule has 2 aromatic rings. The summed E-state index contributed by atoms with van der Waals surface area (Å²) >= 11 is 0. The zero-order chi connectivity index (χ0) is 24.1. The van der Waals surface area contributed by atoms with Crippen LogP contribution in [0.2, 0.25) is 0 Å².